The Bertz CT molecular complexity index is 848. The van der Waals surface area contributed by atoms with E-state index in [9.17, 15) is 5.11 Å². The van der Waals surface area contributed by atoms with Crippen LogP contribution in [-0.2, 0) is 0 Å². The molecule has 0 aliphatic carbocycles. The number of hydrogen-bond acceptors (Lipinski definition) is 6. The van der Waals surface area contributed by atoms with Crippen LogP contribution in [0.15, 0.2) is 53.7 Å². The quantitative estimate of drug-likeness (QED) is 0.771. The molecule has 0 bridgehead atoms. The third-order valence-electron chi connectivity index (χ3n) is 3.67. The molecule has 1 aliphatic heterocycles. The Labute approximate surface area is 137 Å². The Balaban J connectivity index is 1.65. The highest BCUT2D eigenvalue weighted by Crippen LogP contribution is 2.42. The Morgan fingerprint density at radius 1 is 1.13 bits per heavy atom. The van der Waals surface area contributed by atoms with Crippen LogP contribution in [0.25, 0.3) is 11.4 Å². The number of aromatic hydroxyl groups is 1. The number of phenols is 1. The third kappa shape index (κ3) is 2.39. The number of thioether (sulfide) groups is 1. The van der Waals surface area contributed by atoms with Gasteiger partial charge in [0, 0.05) is 11.1 Å². The predicted octanol–water partition coefficient (Wildman–Crippen LogP) is 3.01. The van der Waals surface area contributed by atoms with Gasteiger partial charge in [-0.3, -0.25) is 0 Å². The van der Waals surface area contributed by atoms with Gasteiger partial charge in [-0.25, -0.2) is 4.68 Å². The van der Waals surface area contributed by atoms with Gasteiger partial charge in [-0.05, 0) is 30.3 Å². The summed E-state index contributed by atoms with van der Waals surface area (Å²) in [5.74, 6) is 1.79. The molecule has 2 heterocycles. The largest absolute Gasteiger partial charge is 0.508 e. The fourth-order valence-corrected chi connectivity index (χ4v) is 3.51. The van der Waals surface area contributed by atoms with E-state index >= 15 is 0 Å². The number of aromatic nitrogens is 3. The summed E-state index contributed by atoms with van der Waals surface area (Å²) in [6.45, 7) is 0. The van der Waals surface area contributed by atoms with Crippen molar-refractivity contribution in [2.75, 3.05) is 12.5 Å². The molecule has 1 unspecified atom stereocenters. The zero-order valence-corrected chi connectivity index (χ0v) is 13.1. The Kier molecular flexibility index (Phi) is 3.34. The number of methoxy groups -OCH3 is 1. The van der Waals surface area contributed by atoms with Crippen LogP contribution in [0.5, 0.6) is 11.5 Å². The molecule has 1 aromatic heterocycles. The minimum absolute atomic E-state index is 0.0984. The van der Waals surface area contributed by atoms with Crippen molar-refractivity contribution in [1.82, 2.24) is 14.9 Å². The molecular formula is C16H14N4O2S. The van der Waals surface area contributed by atoms with Crippen LogP contribution >= 0.6 is 11.8 Å². The number of nitrogens with one attached hydrogen (secondary N) is 1. The number of hydrogen-bond donors (Lipinski definition) is 2. The Morgan fingerprint density at radius 2 is 1.91 bits per heavy atom. The molecule has 0 spiro atoms. The van der Waals surface area contributed by atoms with Crippen molar-refractivity contribution in [2.45, 2.75) is 10.5 Å². The van der Waals surface area contributed by atoms with Crippen molar-refractivity contribution in [2.24, 2.45) is 0 Å². The van der Waals surface area contributed by atoms with E-state index in [2.05, 4.69) is 15.6 Å². The second-order valence-electron chi connectivity index (χ2n) is 5.06. The number of phenolic OH excluding ortho intramolecular Hbond substituents is 1. The Hall–Kier alpha value is -2.67. The average molecular weight is 326 g/mol. The van der Waals surface area contributed by atoms with Crippen molar-refractivity contribution in [3.8, 4) is 22.9 Å². The van der Waals surface area contributed by atoms with E-state index in [-0.39, 0.29) is 11.1 Å². The van der Waals surface area contributed by atoms with Gasteiger partial charge in [-0.1, -0.05) is 30.0 Å². The summed E-state index contributed by atoms with van der Waals surface area (Å²) in [6.07, 6.45) is 0. The second-order valence-corrected chi connectivity index (χ2v) is 6.13. The smallest absolute Gasteiger partial charge is 0.212 e. The highest BCUT2D eigenvalue weighted by molar-refractivity contribution is 7.99. The monoisotopic (exact) mass is 326 g/mol. The minimum Gasteiger partial charge on any atom is -0.508 e. The van der Waals surface area contributed by atoms with E-state index in [1.165, 1.54) is 11.8 Å². The van der Waals surface area contributed by atoms with Gasteiger partial charge < -0.3 is 15.3 Å². The van der Waals surface area contributed by atoms with Crippen molar-refractivity contribution < 1.29 is 9.84 Å². The summed E-state index contributed by atoms with van der Waals surface area (Å²) in [4.78, 5) is 0. The topological polar surface area (TPSA) is 72.2 Å². The molecule has 1 atom stereocenters. The van der Waals surface area contributed by atoms with Crippen molar-refractivity contribution >= 4 is 11.8 Å². The van der Waals surface area contributed by atoms with Crippen LogP contribution in [0.4, 0.5) is 0 Å². The fraction of sp³-hybridized carbons (Fsp3) is 0.125. The molecule has 3 aromatic rings. The number of nitrogens with zero attached hydrogens (tertiary/aromatic N) is 3. The molecule has 0 amide bonds. The van der Waals surface area contributed by atoms with Crippen LogP contribution in [0, 0.1) is 0 Å². The molecule has 0 saturated heterocycles. The lowest BCUT2D eigenvalue weighted by Gasteiger charge is -2.13. The number of para-hydroxylation sites is 1. The molecule has 6 nitrogen and oxygen atoms in total. The van der Waals surface area contributed by atoms with Gasteiger partial charge in [-0.15, -0.1) is 10.2 Å². The summed E-state index contributed by atoms with van der Waals surface area (Å²) in [5.41, 5.74) is 5.09. The Morgan fingerprint density at radius 3 is 2.65 bits per heavy atom. The average Bonchev–Trinajstić information content (AvgIpc) is 3.16. The van der Waals surface area contributed by atoms with E-state index in [0.717, 1.165) is 27.9 Å². The number of benzene rings is 2. The lowest BCUT2D eigenvalue weighted by molar-refractivity contribution is 0.415. The highest BCUT2D eigenvalue weighted by Gasteiger charge is 2.29. The molecule has 116 valence electrons. The van der Waals surface area contributed by atoms with Gasteiger partial charge in [0.05, 0.1) is 7.11 Å². The van der Waals surface area contributed by atoms with E-state index in [4.69, 9.17) is 4.74 Å². The maximum Gasteiger partial charge on any atom is 0.212 e. The lowest BCUT2D eigenvalue weighted by atomic mass is 10.2. The molecule has 4 rings (SSSR count). The van der Waals surface area contributed by atoms with E-state index in [0.29, 0.717) is 0 Å². The van der Waals surface area contributed by atoms with Crippen molar-refractivity contribution in [1.29, 1.82) is 0 Å². The van der Waals surface area contributed by atoms with Gasteiger partial charge in [0.1, 0.15) is 16.9 Å². The first-order chi connectivity index (χ1) is 11.3. The van der Waals surface area contributed by atoms with Gasteiger partial charge >= 0.3 is 0 Å². The molecule has 2 N–H and O–H groups in total. The zero-order chi connectivity index (χ0) is 15.8. The number of fused-ring (bicyclic) bond motifs is 1. The second kappa shape index (κ2) is 5.51. The van der Waals surface area contributed by atoms with E-state index in [1.54, 1.807) is 19.2 Å². The van der Waals surface area contributed by atoms with Crippen LogP contribution in [0.2, 0.25) is 0 Å². The first-order valence-electron chi connectivity index (χ1n) is 7.07. The third-order valence-corrected chi connectivity index (χ3v) is 4.74. The highest BCUT2D eigenvalue weighted by atomic mass is 32.2. The fourth-order valence-electron chi connectivity index (χ4n) is 2.48. The van der Waals surface area contributed by atoms with Gasteiger partial charge in [-0.2, -0.15) is 0 Å². The molecular weight excluding hydrogens is 312 g/mol. The van der Waals surface area contributed by atoms with Gasteiger partial charge in [0.25, 0.3) is 0 Å². The van der Waals surface area contributed by atoms with Crippen molar-refractivity contribution in [3.05, 3.63) is 54.1 Å². The van der Waals surface area contributed by atoms with Crippen LogP contribution in [0.1, 0.15) is 10.9 Å². The zero-order valence-electron chi connectivity index (χ0n) is 12.3. The van der Waals surface area contributed by atoms with E-state index < -0.39 is 0 Å². The molecule has 23 heavy (non-hydrogen) atoms. The first kappa shape index (κ1) is 14.0. The molecule has 0 radical (unpaired) electrons. The molecule has 0 fully saturated rings. The van der Waals surface area contributed by atoms with Crippen molar-refractivity contribution in [3.63, 3.8) is 0 Å². The number of rotatable bonds is 3. The lowest BCUT2D eigenvalue weighted by Crippen LogP contribution is -2.13. The van der Waals surface area contributed by atoms with E-state index in [1.807, 2.05) is 41.1 Å². The van der Waals surface area contributed by atoms with Crippen LogP contribution in [-0.4, -0.2) is 27.1 Å². The van der Waals surface area contributed by atoms with Gasteiger partial charge in [0.2, 0.25) is 5.16 Å². The predicted molar refractivity (Wildman–Crippen MR) is 88.1 cm³/mol. The normalized spacial score (nSPS) is 16.0. The SMILES string of the molecule is COc1ccc(-c2nnc3n2NC(c2ccccc2O)S3)cc1. The summed E-state index contributed by atoms with van der Waals surface area (Å²) in [6, 6.07) is 14.9. The van der Waals surface area contributed by atoms with Crippen LogP contribution < -0.4 is 10.2 Å². The maximum absolute atomic E-state index is 10.0. The summed E-state index contributed by atoms with van der Waals surface area (Å²) < 4.78 is 7.03. The summed E-state index contributed by atoms with van der Waals surface area (Å²) in [7, 11) is 1.64. The van der Waals surface area contributed by atoms with Gasteiger partial charge in [0.15, 0.2) is 5.82 Å². The summed E-state index contributed by atoms with van der Waals surface area (Å²) >= 11 is 1.52. The summed E-state index contributed by atoms with van der Waals surface area (Å²) in [5, 5.41) is 19.2. The molecule has 1 aliphatic rings. The number of ether oxygens (including phenoxy) is 1. The standard InChI is InChI=1S/C16H14N4O2S/c1-22-11-8-6-10(7-9-11)14-17-18-16-20(14)19-15(23-16)12-4-2-3-5-13(12)21/h2-9,15,19,21H,1H3. The minimum atomic E-state index is -0.0984. The maximum atomic E-state index is 10.0. The first-order valence-corrected chi connectivity index (χ1v) is 7.95. The molecule has 2 aromatic carbocycles. The molecule has 0 saturated carbocycles. The van der Waals surface area contributed by atoms with Crippen LogP contribution in [0.3, 0.4) is 0 Å². The molecule has 7 heteroatoms.